The molecule has 0 atom stereocenters. The summed E-state index contributed by atoms with van der Waals surface area (Å²) < 4.78 is 1.94. The zero-order valence-electron chi connectivity index (χ0n) is 11.0. The average molecular weight is 276 g/mol. The van der Waals surface area contributed by atoms with Crippen molar-refractivity contribution < 1.29 is 0 Å². The smallest absolute Gasteiger partial charge is 0.0728 e. The van der Waals surface area contributed by atoms with E-state index < -0.39 is 0 Å². The maximum atomic E-state index is 6.03. The molecule has 0 amide bonds. The summed E-state index contributed by atoms with van der Waals surface area (Å²) >= 11 is 6.03. The van der Waals surface area contributed by atoms with Crippen LogP contribution < -0.4 is 5.32 Å². The summed E-state index contributed by atoms with van der Waals surface area (Å²) in [5.41, 5.74) is 2.48. The molecule has 0 aliphatic heterocycles. The van der Waals surface area contributed by atoms with E-state index in [0.29, 0.717) is 12.0 Å². The standard InChI is InChI=1S/C15H18ClN3/c1-2-19-10-15(9-17-19)18-14-7-12(8-14)11-4-3-5-13(16)6-11/h3-6,9-10,12,14,18H,2,7-8H2,1H3. The Morgan fingerprint density at radius 2 is 2.26 bits per heavy atom. The lowest BCUT2D eigenvalue weighted by molar-refractivity contribution is 0.374. The van der Waals surface area contributed by atoms with E-state index in [2.05, 4.69) is 35.7 Å². The Hall–Kier alpha value is -1.48. The van der Waals surface area contributed by atoms with Gasteiger partial charge in [-0.2, -0.15) is 5.10 Å². The van der Waals surface area contributed by atoms with Gasteiger partial charge in [-0.25, -0.2) is 0 Å². The second-order valence-corrected chi connectivity index (χ2v) is 5.59. The van der Waals surface area contributed by atoms with Crippen LogP contribution >= 0.6 is 11.6 Å². The minimum Gasteiger partial charge on any atom is -0.380 e. The van der Waals surface area contributed by atoms with E-state index >= 15 is 0 Å². The first kappa shape index (κ1) is 12.5. The Kier molecular flexibility index (Phi) is 3.47. The number of hydrogen-bond acceptors (Lipinski definition) is 2. The fraction of sp³-hybridized carbons (Fsp3) is 0.400. The molecule has 1 fully saturated rings. The van der Waals surface area contributed by atoms with E-state index in [4.69, 9.17) is 11.6 Å². The average Bonchev–Trinajstić information content (AvgIpc) is 2.81. The monoisotopic (exact) mass is 275 g/mol. The lowest BCUT2D eigenvalue weighted by Gasteiger charge is -2.36. The van der Waals surface area contributed by atoms with Crippen LogP contribution in [-0.4, -0.2) is 15.8 Å². The number of nitrogens with zero attached hydrogens (tertiary/aromatic N) is 2. The molecular formula is C15H18ClN3. The van der Waals surface area contributed by atoms with Crippen LogP contribution in [-0.2, 0) is 6.54 Å². The molecule has 1 heterocycles. The molecule has 19 heavy (non-hydrogen) atoms. The third-order valence-electron chi connectivity index (χ3n) is 3.79. The van der Waals surface area contributed by atoms with Crippen LogP contribution in [0.25, 0.3) is 0 Å². The molecule has 3 nitrogen and oxygen atoms in total. The number of hydrogen-bond donors (Lipinski definition) is 1. The van der Waals surface area contributed by atoms with Crippen LogP contribution in [0, 0.1) is 0 Å². The number of aromatic nitrogens is 2. The molecule has 0 unspecified atom stereocenters. The van der Waals surface area contributed by atoms with Crippen LogP contribution in [0.2, 0.25) is 5.02 Å². The van der Waals surface area contributed by atoms with Gasteiger partial charge in [-0.1, -0.05) is 23.7 Å². The molecule has 2 aromatic rings. The maximum Gasteiger partial charge on any atom is 0.0728 e. The largest absolute Gasteiger partial charge is 0.380 e. The minimum absolute atomic E-state index is 0.554. The van der Waals surface area contributed by atoms with Crippen molar-refractivity contribution in [1.82, 2.24) is 9.78 Å². The fourth-order valence-electron chi connectivity index (χ4n) is 2.62. The molecule has 0 saturated heterocycles. The number of nitrogens with one attached hydrogen (secondary N) is 1. The molecule has 3 rings (SSSR count). The van der Waals surface area contributed by atoms with Crippen molar-refractivity contribution in [1.29, 1.82) is 0 Å². The van der Waals surface area contributed by atoms with Crippen LogP contribution in [0.4, 0.5) is 5.69 Å². The number of benzene rings is 1. The van der Waals surface area contributed by atoms with Crippen LogP contribution in [0.3, 0.4) is 0 Å². The van der Waals surface area contributed by atoms with Crippen molar-refractivity contribution >= 4 is 17.3 Å². The Bertz CT molecular complexity index is 558. The number of aryl methyl sites for hydroxylation is 1. The van der Waals surface area contributed by atoms with Gasteiger partial charge in [-0.05, 0) is 43.4 Å². The Labute approximate surface area is 118 Å². The van der Waals surface area contributed by atoms with E-state index in [1.54, 1.807) is 0 Å². The van der Waals surface area contributed by atoms with Crippen LogP contribution in [0.1, 0.15) is 31.2 Å². The molecular weight excluding hydrogens is 258 g/mol. The van der Waals surface area contributed by atoms with E-state index in [-0.39, 0.29) is 0 Å². The first-order valence-corrected chi connectivity index (χ1v) is 7.17. The first-order valence-electron chi connectivity index (χ1n) is 6.79. The number of rotatable bonds is 4. The minimum atomic E-state index is 0.554. The highest BCUT2D eigenvalue weighted by Crippen LogP contribution is 2.39. The maximum absolute atomic E-state index is 6.03. The molecule has 1 aromatic carbocycles. The molecule has 1 saturated carbocycles. The molecule has 0 spiro atoms. The van der Waals surface area contributed by atoms with Crippen molar-refractivity contribution in [3.8, 4) is 0 Å². The highest BCUT2D eigenvalue weighted by atomic mass is 35.5. The second-order valence-electron chi connectivity index (χ2n) is 5.15. The first-order chi connectivity index (χ1) is 9.24. The third-order valence-corrected chi connectivity index (χ3v) is 4.02. The van der Waals surface area contributed by atoms with Gasteiger partial charge in [0.15, 0.2) is 0 Å². The van der Waals surface area contributed by atoms with Gasteiger partial charge in [0.2, 0.25) is 0 Å². The molecule has 1 N–H and O–H groups in total. The van der Waals surface area contributed by atoms with Gasteiger partial charge in [-0.3, -0.25) is 4.68 Å². The Morgan fingerprint density at radius 1 is 1.42 bits per heavy atom. The highest BCUT2D eigenvalue weighted by Gasteiger charge is 2.30. The predicted octanol–water partition coefficient (Wildman–Crippen LogP) is 3.91. The SMILES string of the molecule is CCn1cc(NC2CC(c3cccc(Cl)c3)C2)cn1. The summed E-state index contributed by atoms with van der Waals surface area (Å²) in [5.74, 6) is 0.637. The van der Waals surface area contributed by atoms with Crippen molar-refractivity contribution in [3.63, 3.8) is 0 Å². The van der Waals surface area contributed by atoms with Gasteiger partial charge >= 0.3 is 0 Å². The summed E-state index contributed by atoms with van der Waals surface area (Å²) in [5, 5.41) is 8.63. The molecule has 100 valence electrons. The predicted molar refractivity (Wildman–Crippen MR) is 78.7 cm³/mol. The topological polar surface area (TPSA) is 29.9 Å². The summed E-state index contributed by atoms with van der Waals surface area (Å²) in [4.78, 5) is 0. The zero-order chi connectivity index (χ0) is 13.2. The van der Waals surface area contributed by atoms with Crippen molar-refractivity contribution in [3.05, 3.63) is 47.2 Å². The molecule has 0 radical (unpaired) electrons. The van der Waals surface area contributed by atoms with Gasteiger partial charge in [-0.15, -0.1) is 0 Å². The van der Waals surface area contributed by atoms with Gasteiger partial charge in [0.1, 0.15) is 0 Å². The summed E-state index contributed by atoms with van der Waals surface area (Å²) in [7, 11) is 0. The van der Waals surface area contributed by atoms with Gasteiger partial charge in [0, 0.05) is 23.8 Å². The molecule has 1 aromatic heterocycles. The van der Waals surface area contributed by atoms with E-state index in [1.165, 1.54) is 5.56 Å². The molecule has 1 aliphatic carbocycles. The van der Waals surface area contributed by atoms with E-state index in [1.807, 2.05) is 23.0 Å². The van der Waals surface area contributed by atoms with Crippen molar-refractivity contribution in [2.45, 2.75) is 38.3 Å². The zero-order valence-corrected chi connectivity index (χ0v) is 11.8. The van der Waals surface area contributed by atoms with E-state index in [0.717, 1.165) is 30.1 Å². The molecule has 0 bridgehead atoms. The van der Waals surface area contributed by atoms with Crippen molar-refractivity contribution in [2.24, 2.45) is 0 Å². The normalized spacial score (nSPS) is 22.0. The highest BCUT2D eigenvalue weighted by molar-refractivity contribution is 6.30. The molecule has 1 aliphatic rings. The Morgan fingerprint density at radius 3 is 2.95 bits per heavy atom. The molecule has 4 heteroatoms. The fourth-order valence-corrected chi connectivity index (χ4v) is 2.81. The lowest BCUT2D eigenvalue weighted by Crippen LogP contribution is -2.33. The van der Waals surface area contributed by atoms with Crippen LogP contribution in [0.5, 0.6) is 0 Å². The van der Waals surface area contributed by atoms with Gasteiger partial charge < -0.3 is 5.32 Å². The van der Waals surface area contributed by atoms with Crippen molar-refractivity contribution in [2.75, 3.05) is 5.32 Å². The quantitative estimate of drug-likeness (QED) is 0.917. The van der Waals surface area contributed by atoms with Crippen LogP contribution in [0.15, 0.2) is 36.7 Å². The summed E-state index contributed by atoms with van der Waals surface area (Å²) in [6.45, 7) is 3.01. The number of halogens is 1. The summed E-state index contributed by atoms with van der Waals surface area (Å²) in [6, 6.07) is 8.76. The van der Waals surface area contributed by atoms with Gasteiger partial charge in [0.05, 0.1) is 11.9 Å². The van der Waals surface area contributed by atoms with Gasteiger partial charge in [0.25, 0.3) is 0 Å². The Balaban J connectivity index is 1.55. The van der Waals surface area contributed by atoms with E-state index in [9.17, 15) is 0 Å². The third kappa shape index (κ3) is 2.76. The lowest BCUT2D eigenvalue weighted by atomic mass is 9.76. The number of anilines is 1. The second kappa shape index (κ2) is 5.25. The summed E-state index contributed by atoms with van der Waals surface area (Å²) in [6.07, 6.45) is 6.29.